The molecule has 0 radical (unpaired) electrons. The van der Waals surface area contributed by atoms with Crippen LogP contribution < -0.4 is 20.8 Å². The fourth-order valence-electron chi connectivity index (χ4n) is 2.94. The van der Waals surface area contributed by atoms with Crippen LogP contribution in [-0.2, 0) is 13.1 Å². The molecule has 29 heavy (non-hydrogen) atoms. The lowest BCUT2D eigenvalue weighted by atomic mass is 10.1. The maximum absolute atomic E-state index is 12.7. The topological polar surface area (TPSA) is 83.2 Å². The van der Waals surface area contributed by atoms with Crippen molar-refractivity contribution in [2.75, 3.05) is 13.2 Å². The number of ether oxygens (including phenoxy) is 1. The van der Waals surface area contributed by atoms with Crippen LogP contribution in [0.4, 0.5) is 0 Å². The van der Waals surface area contributed by atoms with Crippen LogP contribution in [-0.4, -0.2) is 24.0 Å². The molecule has 0 aliphatic heterocycles. The van der Waals surface area contributed by atoms with Crippen LogP contribution in [0.15, 0.2) is 53.5 Å². The molecule has 6 nitrogen and oxygen atoms in total. The highest BCUT2D eigenvalue weighted by molar-refractivity contribution is 5.97. The second kappa shape index (κ2) is 10.6. The molecule has 0 saturated heterocycles. The van der Waals surface area contributed by atoms with Crippen molar-refractivity contribution >= 4 is 29.2 Å². The Morgan fingerprint density at radius 2 is 1.72 bits per heavy atom. The normalized spacial score (nSPS) is 10.4. The average molecular weight is 416 g/mol. The van der Waals surface area contributed by atoms with Gasteiger partial charge < -0.3 is 20.4 Å². The zero-order valence-electron chi connectivity index (χ0n) is 16.6. The van der Waals surface area contributed by atoms with E-state index in [1.54, 1.807) is 18.2 Å². The molecule has 3 rings (SSSR count). The van der Waals surface area contributed by atoms with Crippen molar-refractivity contribution in [3.8, 4) is 5.75 Å². The fourth-order valence-corrected chi connectivity index (χ4v) is 2.94. The molecule has 0 bridgehead atoms. The quantitative estimate of drug-likeness (QED) is 0.526. The minimum absolute atomic E-state index is 0. The zero-order valence-corrected chi connectivity index (χ0v) is 17.4. The second-order valence-corrected chi connectivity index (χ2v) is 6.45. The highest BCUT2D eigenvalue weighted by Gasteiger charge is 2.13. The van der Waals surface area contributed by atoms with Crippen molar-refractivity contribution in [3.05, 3.63) is 75.6 Å². The molecular formula is C22H26ClN3O3. The first-order chi connectivity index (χ1) is 13.6. The molecule has 0 aliphatic carbocycles. The molecule has 1 amide bonds. The van der Waals surface area contributed by atoms with Gasteiger partial charge in [0.1, 0.15) is 11.3 Å². The first-order valence-electron chi connectivity index (χ1n) is 9.47. The average Bonchev–Trinajstić information content (AvgIpc) is 2.72. The van der Waals surface area contributed by atoms with Gasteiger partial charge in [-0.25, -0.2) is 0 Å². The van der Waals surface area contributed by atoms with E-state index in [0.29, 0.717) is 29.8 Å². The smallest absolute Gasteiger partial charge is 0.257 e. The zero-order chi connectivity index (χ0) is 19.9. The van der Waals surface area contributed by atoms with E-state index in [9.17, 15) is 9.59 Å². The Labute approximate surface area is 176 Å². The number of carbonyl (C=O) groups excluding carboxylic acids is 1. The highest BCUT2D eigenvalue weighted by atomic mass is 35.5. The predicted molar refractivity (Wildman–Crippen MR) is 118 cm³/mol. The van der Waals surface area contributed by atoms with Gasteiger partial charge in [-0.1, -0.05) is 31.2 Å². The van der Waals surface area contributed by atoms with Crippen LogP contribution in [0.2, 0.25) is 0 Å². The lowest BCUT2D eigenvalue weighted by Gasteiger charge is -2.08. The van der Waals surface area contributed by atoms with Crippen LogP contribution in [0.3, 0.4) is 0 Å². The Morgan fingerprint density at radius 3 is 2.38 bits per heavy atom. The van der Waals surface area contributed by atoms with Gasteiger partial charge in [0.15, 0.2) is 0 Å². The molecule has 1 aromatic heterocycles. The monoisotopic (exact) mass is 415 g/mol. The number of aromatic nitrogens is 1. The molecular weight excluding hydrogens is 390 g/mol. The molecule has 154 valence electrons. The lowest BCUT2D eigenvalue weighted by Crippen LogP contribution is -2.28. The maximum atomic E-state index is 12.7. The minimum Gasteiger partial charge on any atom is -0.494 e. The molecule has 3 N–H and O–H groups in total. The molecule has 0 atom stereocenters. The molecule has 0 fully saturated rings. The van der Waals surface area contributed by atoms with Gasteiger partial charge in [0.25, 0.3) is 5.91 Å². The van der Waals surface area contributed by atoms with Crippen molar-refractivity contribution in [2.24, 2.45) is 0 Å². The van der Waals surface area contributed by atoms with E-state index in [1.165, 1.54) is 11.8 Å². The van der Waals surface area contributed by atoms with Gasteiger partial charge in [0.05, 0.1) is 6.61 Å². The summed E-state index contributed by atoms with van der Waals surface area (Å²) < 4.78 is 5.45. The number of amides is 1. The molecule has 0 spiro atoms. The van der Waals surface area contributed by atoms with Crippen molar-refractivity contribution in [1.29, 1.82) is 0 Å². The summed E-state index contributed by atoms with van der Waals surface area (Å²) in [5.74, 6) is 0.206. The van der Waals surface area contributed by atoms with Crippen LogP contribution >= 0.6 is 12.4 Å². The van der Waals surface area contributed by atoms with Crippen molar-refractivity contribution in [2.45, 2.75) is 26.9 Å². The van der Waals surface area contributed by atoms with Gasteiger partial charge in [-0.2, -0.15) is 0 Å². The number of halogens is 1. The van der Waals surface area contributed by atoms with Gasteiger partial charge in [-0.05, 0) is 42.8 Å². The Morgan fingerprint density at radius 1 is 1.03 bits per heavy atom. The SMILES string of the molecule is CCNCc1ccc(CNC(=O)c2c[nH]c3ccc(OCC)cc3c2=O)cc1.Cl. The Bertz CT molecular complexity index is 1020. The minimum atomic E-state index is -0.401. The number of benzene rings is 2. The Balaban J connectivity index is 0.00000300. The maximum Gasteiger partial charge on any atom is 0.257 e. The van der Waals surface area contributed by atoms with Gasteiger partial charge in [0, 0.05) is 30.2 Å². The highest BCUT2D eigenvalue weighted by Crippen LogP contribution is 2.17. The van der Waals surface area contributed by atoms with Crippen molar-refractivity contribution < 1.29 is 9.53 Å². The number of nitrogens with one attached hydrogen (secondary N) is 3. The number of hydrogen-bond donors (Lipinski definition) is 3. The first kappa shape index (κ1) is 22.5. The van der Waals surface area contributed by atoms with Crippen LogP contribution in [0, 0.1) is 0 Å². The summed E-state index contributed by atoms with van der Waals surface area (Å²) in [5.41, 5.74) is 2.61. The summed E-state index contributed by atoms with van der Waals surface area (Å²) in [6.45, 7) is 6.55. The van der Waals surface area contributed by atoms with E-state index in [0.717, 1.165) is 18.7 Å². The van der Waals surface area contributed by atoms with Gasteiger partial charge >= 0.3 is 0 Å². The van der Waals surface area contributed by atoms with Gasteiger partial charge in [-0.15, -0.1) is 12.4 Å². The summed E-state index contributed by atoms with van der Waals surface area (Å²) in [7, 11) is 0. The van der Waals surface area contributed by atoms with Crippen LogP contribution in [0.5, 0.6) is 5.75 Å². The third-order valence-electron chi connectivity index (χ3n) is 4.46. The second-order valence-electron chi connectivity index (χ2n) is 6.45. The van der Waals surface area contributed by atoms with E-state index in [2.05, 4.69) is 22.5 Å². The van der Waals surface area contributed by atoms with E-state index in [1.807, 2.05) is 31.2 Å². The number of pyridine rings is 1. The summed E-state index contributed by atoms with van der Waals surface area (Å²) in [6.07, 6.45) is 1.46. The van der Waals surface area contributed by atoms with Gasteiger partial charge in [0.2, 0.25) is 5.43 Å². The van der Waals surface area contributed by atoms with Crippen LogP contribution in [0.25, 0.3) is 10.9 Å². The largest absolute Gasteiger partial charge is 0.494 e. The van der Waals surface area contributed by atoms with E-state index < -0.39 is 5.91 Å². The summed E-state index contributed by atoms with van der Waals surface area (Å²) >= 11 is 0. The number of hydrogen-bond acceptors (Lipinski definition) is 4. The number of rotatable bonds is 8. The number of H-pyrrole nitrogens is 1. The summed E-state index contributed by atoms with van der Waals surface area (Å²) in [6, 6.07) is 13.2. The Kier molecular flexibility index (Phi) is 8.24. The molecule has 7 heteroatoms. The van der Waals surface area contributed by atoms with Crippen LogP contribution in [0.1, 0.15) is 35.3 Å². The molecule has 0 aliphatic rings. The molecule has 3 aromatic rings. The van der Waals surface area contributed by atoms with E-state index >= 15 is 0 Å². The summed E-state index contributed by atoms with van der Waals surface area (Å²) in [4.78, 5) is 28.3. The number of fused-ring (bicyclic) bond motifs is 1. The first-order valence-corrected chi connectivity index (χ1v) is 9.47. The lowest BCUT2D eigenvalue weighted by molar-refractivity contribution is 0.0949. The number of carbonyl (C=O) groups is 1. The predicted octanol–water partition coefficient (Wildman–Crippen LogP) is 3.39. The van der Waals surface area contributed by atoms with E-state index in [-0.39, 0.29) is 23.4 Å². The fraction of sp³-hybridized carbons (Fsp3) is 0.273. The summed E-state index contributed by atoms with van der Waals surface area (Å²) in [5, 5.41) is 6.53. The standard InChI is InChI=1S/C22H25N3O3.ClH/c1-3-23-12-15-5-7-16(8-6-15)13-25-22(27)19-14-24-20-10-9-17(28-4-2)11-18(20)21(19)26;/h5-11,14,23H,3-4,12-13H2,1-2H3,(H,24,26)(H,25,27);1H. The molecule has 1 heterocycles. The van der Waals surface area contributed by atoms with Gasteiger partial charge in [-0.3, -0.25) is 9.59 Å². The molecule has 0 unspecified atom stereocenters. The third kappa shape index (κ3) is 5.59. The van der Waals surface area contributed by atoms with Crippen molar-refractivity contribution in [3.63, 3.8) is 0 Å². The van der Waals surface area contributed by atoms with Crippen molar-refractivity contribution in [1.82, 2.24) is 15.6 Å². The Hall–Kier alpha value is -2.83. The number of aromatic amines is 1. The third-order valence-corrected chi connectivity index (χ3v) is 4.46. The molecule has 0 saturated carbocycles. The van der Waals surface area contributed by atoms with E-state index in [4.69, 9.17) is 4.74 Å². The molecule has 2 aromatic carbocycles.